The molecule has 0 aromatic heterocycles. The Morgan fingerprint density at radius 1 is 0.947 bits per heavy atom. The average molecular weight is 540 g/mol. The van der Waals surface area contributed by atoms with Gasteiger partial charge in [-0.2, -0.15) is 0 Å². The zero-order chi connectivity index (χ0) is 27.7. The number of rotatable bonds is 12. The molecular weight excluding hydrogens is 505 g/mol. The lowest BCUT2D eigenvalue weighted by Crippen LogP contribution is -2.50. The first-order chi connectivity index (χ1) is 18.1. The van der Waals surface area contributed by atoms with Crippen LogP contribution in [-0.2, 0) is 32.6 Å². The Hall–Kier alpha value is -3.72. The summed E-state index contributed by atoms with van der Waals surface area (Å²) >= 11 is 0. The Morgan fingerprint density at radius 3 is 2.18 bits per heavy atom. The number of amides is 2. The number of nitrogens with one attached hydrogen (secondary N) is 1. The first-order valence-electron chi connectivity index (χ1n) is 12.4. The zero-order valence-corrected chi connectivity index (χ0v) is 22.7. The third kappa shape index (κ3) is 7.89. The van der Waals surface area contributed by atoms with Crippen LogP contribution in [0.2, 0.25) is 0 Å². The summed E-state index contributed by atoms with van der Waals surface area (Å²) in [6.45, 7) is 1.91. The summed E-state index contributed by atoms with van der Waals surface area (Å²) in [4.78, 5) is 27.9. The lowest BCUT2D eigenvalue weighted by Gasteiger charge is -2.31. The van der Waals surface area contributed by atoms with Crippen molar-refractivity contribution in [2.75, 3.05) is 24.2 Å². The number of hydrogen-bond donors (Lipinski definition) is 1. The highest BCUT2D eigenvalue weighted by Crippen LogP contribution is 2.21. The van der Waals surface area contributed by atoms with Gasteiger partial charge >= 0.3 is 0 Å². The lowest BCUT2D eigenvalue weighted by atomic mass is 10.0. The van der Waals surface area contributed by atoms with E-state index in [0.717, 1.165) is 17.4 Å². The van der Waals surface area contributed by atoms with E-state index in [0.29, 0.717) is 11.3 Å². The van der Waals surface area contributed by atoms with Gasteiger partial charge in [-0.05, 0) is 37.1 Å². The molecule has 7 nitrogen and oxygen atoms in total. The SMILES string of the molecule is CNC(=O)C(Cc1ccccc1)N(Cc1ccccc1F)C(=O)CCCN(c1ccc(C)cc1)S(C)(=O)=O. The van der Waals surface area contributed by atoms with Crippen molar-refractivity contribution in [2.24, 2.45) is 0 Å². The van der Waals surface area contributed by atoms with Crippen molar-refractivity contribution >= 4 is 27.5 Å². The Labute approximate surface area is 224 Å². The number of benzene rings is 3. The molecule has 0 bridgehead atoms. The van der Waals surface area contributed by atoms with E-state index in [1.54, 1.807) is 30.3 Å². The first kappa shape index (κ1) is 28.8. The van der Waals surface area contributed by atoms with Crippen LogP contribution in [0.5, 0.6) is 0 Å². The van der Waals surface area contributed by atoms with Gasteiger partial charge in [-0.3, -0.25) is 13.9 Å². The van der Waals surface area contributed by atoms with Gasteiger partial charge in [0.25, 0.3) is 0 Å². The van der Waals surface area contributed by atoms with Crippen molar-refractivity contribution in [1.82, 2.24) is 10.2 Å². The van der Waals surface area contributed by atoms with Gasteiger partial charge in [-0.1, -0.05) is 66.2 Å². The van der Waals surface area contributed by atoms with Crippen LogP contribution in [0.1, 0.15) is 29.5 Å². The van der Waals surface area contributed by atoms with Gasteiger partial charge in [-0.15, -0.1) is 0 Å². The normalized spacial score (nSPS) is 12.0. The standard InChI is InChI=1S/C29H34FN3O4S/c1-22-15-17-25(18-16-22)33(38(3,36)37)19-9-14-28(34)32(21-24-12-7-8-13-26(24)30)27(29(35)31-2)20-23-10-5-4-6-11-23/h4-8,10-13,15-18,27H,9,14,19-21H2,1-3H3,(H,31,35). The van der Waals surface area contributed by atoms with E-state index in [4.69, 9.17) is 0 Å². The summed E-state index contributed by atoms with van der Waals surface area (Å²) in [7, 11) is -2.09. The maximum atomic E-state index is 14.6. The van der Waals surface area contributed by atoms with Crippen LogP contribution in [0, 0.1) is 12.7 Å². The summed E-state index contributed by atoms with van der Waals surface area (Å²) < 4.78 is 40.8. The first-order valence-corrected chi connectivity index (χ1v) is 14.3. The molecule has 3 rings (SSSR count). The quantitative estimate of drug-likeness (QED) is 0.376. The molecule has 9 heteroatoms. The van der Waals surface area contributed by atoms with E-state index in [1.807, 2.05) is 49.4 Å². The summed E-state index contributed by atoms with van der Waals surface area (Å²) in [5.74, 6) is -1.20. The van der Waals surface area contributed by atoms with Gasteiger partial charge in [0.1, 0.15) is 11.9 Å². The van der Waals surface area contributed by atoms with Crippen LogP contribution in [0.3, 0.4) is 0 Å². The maximum Gasteiger partial charge on any atom is 0.242 e. The van der Waals surface area contributed by atoms with Crippen LogP contribution in [0.15, 0.2) is 78.9 Å². The molecule has 0 saturated heterocycles. The molecule has 0 aliphatic heterocycles. The number of carbonyl (C=O) groups excluding carboxylic acids is 2. The predicted octanol–water partition coefficient (Wildman–Crippen LogP) is 4.07. The molecule has 0 radical (unpaired) electrons. The van der Waals surface area contributed by atoms with Crippen LogP contribution >= 0.6 is 0 Å². The highest BCUT2D eigenvalue weighted by Gasteiger charge is 2.30. The topological polar surface area (TPSA) is 86.8 Å². The van der Waals surface area contributed by atoms with Gasteiger partial charge in [0.15, 0.2) is 0 Å². The molecule has 0 spiro atoms. The summed E-state index contributed by atoms with van der Waals surface area (Å²) in [5.41, 5.74) is 2.66. The Morgan fingerprint density at radius 2 is 1.58 bits per heavy atom. The van der Waals surface area contributed by atoms with E-state index in [2.05, 4.69) is 5.32 Å². The van der Waals surface area contributed by atoms with Crippen LogP contribution in [-0.4, -0.2) is 51.0 Å². The largest absolute Gasteiger partial charge is 0.357 e. The maximum absolute atomic E-state index is 14.6. The molecule has 0 fully saturated rings. The zero-order valence-electron chi connectivity index (χ0n) is 21.9. The molecule has 1 unspecified atom stereocenters. The van der Waals surface area contributed by atoms with Gasteiger partial charge in [0.05, 0.1) is 11.9 Å². The number of sulfonamides is 1. The smallest absolute Gasteiger partial charge is 0.242 e. The minimum Gasteiger partial charge on any atom is -0.357 e. The number of likely N-dealkylation sites (N-methyl/N-ethyl adjacent to an activating group) is 1. The molecule has 1 N–H and O–H groups in total. The lowest BCUT2D eigenvalue weighted by molar-refractivity contribution is -0.141. The van der Waals surface area contributed by atoms with Crippen LogP contribution in [0.25, 0.3) is 0 Å². The van der Waals surface area contributed by atoms with Crippen molar-refractivity contribution in [3.8, 4) is 0 Å². The average Bonchev–Trinajstić information content (AvgIpc) is 2.89. The van der Waals surface area contributed by atoms with E-state index in [-0.39, 0.29) is 44.2 Å². The van der Waals surface area contributed by atoms with Crippen LogP contribution in [0.4, 0.5) is 10.1 Å². The third-order valence-corrected chi connectivity index (χ3v) is 7.48. The van der Waals surface area contributed by atoms with Crippen LogP contribution < -0.4 is 9.62 Å². The number of halogens is 1. The second-order valence-electron chi connectivity index (χ2n) is 9.21. The molecule has 3 aromatic carbocycles. The fourth-order valence-electron chi connectivity index (χ4n) is 4.25. The second-order valence-corrected chi connectivity index (χ2v) is 11.1. The molecule has 38 heavy (non-hydrogen) atoms. The Bertz CT molecular complexity index is 1330. The molecule has 0 heterocycles. The molecule has 2 amide bonds. The van der Waals surface area contributed by atoms with Crippen molar-refractivity contribution < 1.29 is 22.4 Å². The highest BCUT2D eigenvalue weighted by atomic mass is 32.2. The summed E-state index contributed by atoms with van der Waals surface area (Å²) in [6.07, 6.45) is 1.58. The van der Waals surface area contributed by atoms with E-state index in [1.165, 1.54) is 22.3 Å². The minimum atomic E-state index is -3.58. The third-order valence-electron chi connectivity index (χ3n) is 6.29. The molecule has 1 atom stereocenters. The van der Waals surface area contributed by atoms with Crippen molar-refractivity contribution in [1.29, 1.82) is 0 Å². The molecule has 0 aliphatic carbocycles. The van der Waals surface area contributed by atoms with Gasteiger partial charge in [0.2, 0.25) is 21.8 Å². The minimum absolute atomic E-state index is 0.0192. The fourth-order valence-corrected chi connectivity index (χ4v) is 5.21. The molecule has 0 saturated carbocycles. The van der Waals surface area contributed by atoms with Gasteiger partial charge < -0.3 is 10.2 Å². The number of nitrogens with zero attached hydrogens (tertiary/aromatic N) is 2. The number of hydrogen-bond acceptors (Lipinski definition) is 4. The van der Waals surface area contributed by atoms with Crippen molar-refractivity contribution in [3.63, 3.8) is 0 Å². The summed E-state index contributed by atoms with van der Waals surface area (Å²) in [5, 5.41) is 2.63. The van der Waals surface area contributed by atoms with Gasteiger partial charge in [0, 0.05) is 38.5 Å². The second kappa shape index (κ2) is 13.2. The number of carbonyl (C=O) groups is 2. The molecule has 0 aliphatic rings. The number of aryl methyl sites for hydroxylation is 1. The summed E-state index contributed by atoms with van der Waals surface area (Å²) in [6, 6.07) is 21.7. The Kier molecular flexibility index (Phi) is 10.0. The van der Waals surface area contributed by atoms with Gasteiger partial charge in [-0.25, -0.2) is 12.8 Å². The molecule has 3 aromatic rings. The van der Waals surface area contributed by atoms with E-state index < -0.39 is 21.9 Å². The molecule has 202 valence electrons. The Balaban J connectivity index is 1.84. The molecular formula is C29H34FN3O4S. The van der Waals surface area contributed by atoms with E-state index >= 15 is 0 Å². The van der Waals surface area contributed by atoms with Crippen molar-refractivity contribution in [3.05, 3.63) is 101 Å². The predicted molar refractivity (Wildman–Crippen MR) is 148 cm³/mol. The highest BCUT2D eigenvalue weighted by molar-refractivity contribution is 7.92. The van der Waals surface area contributed by atoms with Crippen molar-refractivity contribution in [2.45, 2.75) is 38.8 Å². The monoisotopic (exact) mass is 539 g/mol. The fraction of sp³-hybridized carbons (Fsp3) is 0.310. The number of anilines is 1. The van der Waals surface area contributed by atoms with E-state index in [9.17, 15) is 22.4 Å².